The fraction of sp³-hybridized carbons (Fsp3) is 0.605. The Hall–Kier alpha value is -2.27. The molecule has 0 saturated heterocycles. The lowest BCUT2D eigenvalue weighted by Gasteiger charge is -2.46. The van der Waals surface area contributed by atoms with E-state index in [1.165, 1.54) is 17.6 Å². The summed E-state index contributed by atoms with van der Waals surface area (Å²) in [6, 6.07) is 17.1. The van der Waals surface area contributed by atoms with E-state index in [1.54, 1.807) is 0 Å². The first kappa shape index (κ1) is 31.2. The van der Waals surface area contributed by atoms with Gasteiger partial charge in [0.25, 0.3) is 0 Å². The number of aliphatic hydroxyl groups is 2. The minimum Gasteiger partial charge on any atom is -0.393 e. The first-order valence-electron chi connectivity index (χ1n) is 16.6. The Balaban J connectivity index is 1.48. The Morgan fingerprint density at radius 2 is 1.76 bits per heavy atom. The second-order valence-electron chi connectivity index (χ2n) is 14.1. The minimum absolute atomic E-state index is 0.0952. The van der Waals surface area contributed by atoms with Gasteiger partial charge in [0.2, 0.25) is 0 Å². The maximum absolute atomic E-state index is 14.2. The number of allylic oxidation sites excluding steroid dienone is 2. The fourth-order valence-electron chi connectivity index (χ4n) is 8.29. The van der Waals surface area contributed by atoms with E-state index >= 15 is 0 Å². The lowest BCUT2D eigenvalue weighted by molar-refractivity contribution is -0.0798. The van der Waals surface area contributed by atoms with Crippen molar-refractivity contribution >= 4 is 5.78 Å². The van der Waals surface area contributed by atoms with E-state index < -0.39 is 11.7 Å². The van der Waals surface area contributed by atoms with Crippen LogP contribution in [-0.4, -0.2) is 52.7 Å². The summed E-state index contributed by atoms with van der Waals surface area (Å²) in [4.78, 5) is 16.5. The topological polar surface area (TPSA) is 60.8 Å². The molecule has 0 aromatic heterocycles. The van der Waals surface area contributed by atoms with Crippen molar-refractivity contribution in [2.24, 2.45) is 11.3 Å². The molecule has 42 heavy (non-hydrogen) atoms. The Kier molecular flexibility index (Phi) is 10.1. The number of fused-ring (bicyclic) bond motifs is 8. The third kappa shape index (κ3) is 6.93. The molecule has 6 rings (SSSR count). The van der Waals surface area contributed by atoms with Gasteiger partial charge in [-0.15, -0.1) is 0 Å². The summed E-state index contributed by atoms with van der Waals surface area (Å²) in [5.74, 6) is 0.502. The number of ketones is 1. The lowest BCUT2D eigenvalue weighted by Crippen LogP contribution is -2.52. The highest BCUT2D eigenvalue weighted by molar-refractivity contribution is 5.99. The standard InChI is InChI=1S/C38H53NO3/c1-28-11-10-22-37(2)35(20-23-38(37,42)27-39(3)24-21-29-12-6-4-7-13-29)33-19-17-30(25-32(40)18-16-28)26-34(33)36(41)31-14-8-5-9-15-31/h4,6-7,11-13,17,19,26,31-32,35,40,42H,5,8-10,14-16,18,20-25,27H2,1-3H3/t32-,35-,37-,38+/m0/s1. The van der Waals surface area contributed by atoms with Gasteiger partial charge in [-0.25, -0.2) is 0 Å². The van der Waals surface area contributed by atoms with Crippen LogP contribution in [0.15, 0.2) is 60.2 Å². The molecule has 2 saturated carbocycles. The van der Waals surface area contributed by atoms with Gasteiger partial charge in [0.15, 0.2) is 5.78 Å². The summed E-state index contributed by atoms with van der Waals surface area (Å²) in [6.45, 7) is 6.00. The van der Waals surface area contributed by atoms with Gasteiger partial charge >= 0.3 is 0 Å². The number of carbonyl (C=O) groups excluding carboxylic acids is 1. The summed E-state index contributed by atoms with van der Waals surface area (Å²) in [7, 11) is 2.14. The largest absolute Gasteiger partial charge is 0.393 e. The highest BCUT2D eigenvalue weighted by Gasteiger charge is 2.57. The quantitative estimate of drug-likeness (QED) is 0.265. The van der Waals surface area contributed by atoms with E-state index in [2.05, 4.69) is 80.4 Å². The monoisotopic (exact) mass is 571 g/mol. The van der Waals surface area contributed by atoms with E-state index in [9.17, 15) is 15.0 Å². The molecular weight excluding hydrogens is 518 g/mol. The molecule has 2 aromatic carbocycles. The zero-order chi connectivity index (χ0) is 29.7. The number of rotatable bonds is 7. The number of aliphatic hydroxyl groups excluding tert-OH is 1. The van der Waals surface area contributed by atoms with Crippen LogP contribution in [0, 0.1) is 11.3 Å². The molecule has 2 aromatic rings. The van der Waals surface area contributed by atoms with E-state index in [0.29, 0.717) is 18.7 Å². The van der Waals surface area contributed by atoms with Gasteiger partial charge in [0, 0.05) is 30.0 Å². The number of carbonyl (C=O) groups is 1. The average Bonchev–Trinajstić information content (AvgIpc) is 3.24. The maximum atomic E-state index is 14.2. The molecule has 4 aliphatic carbocycles. The molecular formula is C38H53NO3. The third-order valence-electron chi connectivity index (χ3n) is 11.1. The molecule has 0 spiro atoms. The fourth-order valence-corrected chi connectivity index (χ4v) is 8.29. The van der Waals surface area contributed by atoms with Gasteiger partial charge < -0.3 is 15.1 Å². The summed E-state index contributed by atoms with van der Waals surface area (Å²) in [6.07, 6.45) is 13.9. The highest BCUT2D eigenvalue weighted by Crippen LogP contribution is 2.59. The number of hydrogen-bond acceptors (Lipinski definition) is 4. The normalized spacial score (nSPS) is 29.2. The van der Waals surface area contributed by atoms with Crippen LogP contribution in [0.4, 0.5) is 0 Å². The number of hydrogen-bond donors (Lipinski definition) is 2. The van der Waals surface area contributed by atoms with Gasteiger partial charge in [-0.3, -0.25) is 4.79 Å². The summed E-state index contributed by atoms with van der Waals surface area (Å²) >= 11 is 0. The Labute approximate surface area is 254 Å². The highest BCUT2D eigenvalue weighted by atomic mass is 16.3. The van der Waals surface area contributed by atoms with Crippen molar-refractivity contribution < 1.29 is 15.0 Å². The van der Waals surface area contributed by atoms with Gasteiger partial charge in [0.05, 0.1) is 11.7 Å². The molecule has 0 amide bonds. The van der Waals surface area contributed by atoms with Crippen molar-refractivity contribution in [3.63, 3.8) is 0 Å². The molecule has 2 fully saturated rings. The van der Waals surface area contributed by atoms with Crippen LogP contribution in [0.5, 0.6) is 0 Å². The SMILES string of the molecule is CC1=CCC[C@@]2(C)[C@@H](CC[C@@]2(O)CN(C)CCc2ccccc2)c2ccc(cc2C(=O)C2CCCCC2)C[C@@H](O)CC1. The van der Waals surface area contributed by atoms with Crippen LogP contribution in [-0.2, 0) is 12.8 Å². The van der Waals surface area contributed by atoms with Crippen molar-refractivity contribution in [1.29, 1.82) is 0 Å². The van der Waals surface area contributed by atoms with Gasteiger partial charge in [0.1, 0.15) is 0 Å². The molecule has 4 atom stereocenters. The van der Waals surface area contributed by atoms with Crippen LogP contribution in [0.1, 0.15) is 117 Å². The first-order valence-corrected chi connectivity index (χ1v) is 16.6. The molecule has 2 N–H and O–H groups in total. The zero-order valence-corrected chi connectivity index (χ0v) is 26.3. The molecule has 0 heterocycles. The van der Waals surface area contributed by atoms with Crippen LogP contribution < -0.4 is 0 Å². The number of benzene rings is 2. The van der Waals surface area contributed by atoms with Crippen molar-refractivity contribution in [3.05, 3.63) is 82.4 Å². The molecule has 4 heteroatoms. The summed E-state index contributed by atoms with van der Waals surface area (Å²) in [5.41, 5.74) is 4.48. The summed E-state index contributed by atoms with van der Waals surface area (Å²) in [5, 5.41) is 23.4. The maximum Gasteiger partial charge on any atom is 0.166 e. The lowest BCUT2D eigenvalue weighted by atomic mass is 9.64. The van der Waals surface area contributed by atoms with Gasteiger partial charge in [-0.1, -0.05) is 80.3 Å². The number of nitrogens with zero attached hydrogens (tertiary/aromatic N) is 1. The third-order valence-corrected chi connectivity index (χ3v) is 11.1. The zero-order valence-electron chi connectivity index (χ0n) is 26.3. The Morgan fingerprint density at radius 1 is 1.00 bits per heavy atom. The van der Waals surface area contributed by atoms with Crippen molar-refractivity contribution in [2.45, 2.75) is 115 Å². The van der Waals surface area contributed by atoms with Gasteiger partial charge in [-0.2, -0.15) is 0 Å². The summed E-state index contributed by atoms with van der Waals surface area (Å²) < 4.78 is 0. The van der Waals surface area contributed by atoms with E-state index in [4.69, 9.17) is 0 Å². The van der Waals surface area contributed by atoms with E-state index in [1.807, 2.05) is 0 Å². The number of likely N-dealkylation sites (N-methyl/N-ethyl adjacent to an activating group) is 1. The van der Waals surface area contributed by atoms with Crippen LogP contribution in [0.3, 0.4) is 0 Å². The molecule has 0 aliphatic heterocycles. The van der Waals surface area contributed by atoms with Crippen molar-refractivity contribution in [2.75, 3.05) is 20.1 Å². The minimum atomic E-state index is -0.845. The smallest absolute Gasteiger partial charge is 0.166 e. The second kappa shape index (κ2) is 13.6. The van der Waals surface area contributed by atoms with Crippen molar-refractivity contribution in [3.8, 4) is 0 Å². The van der Waals surface area contributed by atoms with Crippen LogP contribution in [0.2, 0.25) is 0 Å². The van der Waals surface area contributed by atoms with E-state index in [-0.39, 0.29) is 17.3 Å². The molecule has 0 unspecified atom stereocenters. The van der Waals surface area contributed by atoms with Gasteiger partial charge in [-0.05, 0) is 107 Å². The van der Waals surface area contributed by atoms with Crippen molar-refractivity contribution in [1.82, 2.24) is 4.90 Å². The average molecular weight is 572 g/mol. The first-order chi connectivity index (χ1) is 20.2. The van der Waals surface area contributed by atoms with E-state index in [0.717, 1.165) is 93.9 Å². The predicted molar refractivity (Wildman–Crippen MR) is 172 cm³/mol. The number of Topliss-reactive ketones (excluding diaryl/α,β-unsaturated/α-hetero) is 1. The molecule has 228 valence electrons. The molecule has 4 aliphatic rings. The van der Waals surface area contributed by atoms with Crippen LogP contribution in [0.25, 0.3) is 0 Å². The Bertz CT molecular complexity index is 1230. The molecule has 0 radical (unpaired) electrons. The van der Waals surface area contributed by atoms with Crippen LogP contribution >= 0.6 is 0 Å². The second-order valence-corrected chi connectivity index (χ2v) is 14.1. The molecule has 4 nitrogen and oxygen atoms in total. The molecule has 2 bridgehead atoms. The predicted octanol–water partition coefficient (Wildman–Crippen LogP) is 7.66. The Morgan fingerprint density at radius 3 is 2.52 bits per heavy atom.